The van der Waals surface area contributed by atoms with E-state index in [1.807, 2.05) is 26.1 Å². The molecule has 2 heterocycles. The monoisotopic (exact) mass is 572 g/mol. The van der Waals surface area contributed by atoms with E-state index in [0.717, 1.165) is 5.56 Å². The van der Waals surface area contributed by atoms with E-state index in [-0.39, 0.29) is 40.7 Å². The molecule has 1 aliphatic rings. The Kier molecular flexibility index (Phi) is 9.12. The number of fused-ring (bicyclic) bond motifs is 1. The van der Waals surface area contributed by atoms with Crippen molar-refractivity contribution in [2.24, 2.45) is 5.92 Å². The third-order valence-corrected chi connectivity index (χ3v) is 8.38. The molecule has 0 fully saturated rings. The molecule has 4 rings (SSSR count). The van der Waals surface area contributed by atoms with E-state index >= 15 is 0 Å². The summed E-state index contributed by atoms with van der Waals surface area (Å²) in [6, 6.07) is 14.0. The molecule has 9 nitrogen and oxygen atoms in total. The van der Waals surface area contributed by atoms with Crippen molar-refractivity contribution in [1.82, 2.24) is 14.8 Å². The number of anilines is 1. The van der Waals surface area contributed by atoms with Gasteiger partial charge < -0.3 is 14.7 Å². The first-order chi connectivity index (χ1) is 18.6. The second-order valence-electron chi connectivity index (χ2n) is 9.95. The normalized spacial score (nSPS) is 18.6. The van der Waals surface area contributed by atoms with Crippen LogP contribution in [0.2, 0.25) is 5.02 Å². The van der Waals surface area contributed by atoms with E-state index in [0.29, 0.717) is 30.4 Å². The summed E-state index contributed by atoms with van der Waals surface area (Å²) in [6.45, 7) is 5.25. The van der Waals surface area contributed by atoms with Gasteiger partial charge in [0.15, 0.2) is 0 Å². The van der Waals surface area contributed by atoms with Crippen LogP contribution in [-0.2, 0) is 16.6 Å². The minimum Gasteiger partial charge on any atom is -0.488 e. The van der Waals surface area contributed by atoms with E-state index < -0.39 is 16.1 Å². The molecule has 0 radical (unpaired) electrons. The van der Waals surface area contributed by atoms with Gasteiger partial charge in [0.05, 0.1) is 23.1 Å². The highest BCUT2D eigenvalue weighted by molar-refractivity contribution is 7.92. The summed E-state index contributed by atoms with van der Waals surface area (Å²) in [6.07, 6.45) is 3.24. The fourth-order valence-electron chi connectivity index (χ4n) is 4.50. The molecule has 11 heteroatoms. The number of halogens is 1. The van der Waals surface area contributed by atoms with Gasteiger partial charge in [0.2, 0.25) is 0 Å². The van der Waals surface area contributed by atoms with Gasteiger partial charge in [-0.3, -0.25) is 19.4 Å². The Morgan fingerprint density at radius 2 is 1.87 bits per heavy atom. The van der Waals surface area contributed by atoms with Gasteiger partial charge in [0.25, 0.3) is 15.9 Å². The summed E-state index contributed by atoms with van der Waals surface area (Å²) < 4.78 is 34.8. The quantitative estimate of drug-likeness (QED) is 0.400. The number of rotatable bonds is 9. The summed E-state index contributed by atoms with van der Waals surface area (Å²) in [5, 5.41) is 10.3. The van der Waals surface area contributed by atoms with Crippen LogP contribution in [0.4, 0.5) is 5.69 Å². The predicted molar refractivity (Wildman–Crippen MR) is 150 cm³/mol. The van der Waals surface area contributed by atoms with Crippen molar-refractivity contribution in [1.29, 1.82) is 0 Å². The standard InChI is InChI=1S/C28H33ClN4O5S/c1-19-15-33(20(2)18-34)28(35)25-14-23(31-39(36,37)24-7-4-22(29)5-8-24)6-9-26(25)38-27(19)17-32(3)16-21-10-12-30-13-11-21/h4-14,19-20,27,31,34H,15-18H2,1-3H3/t19-,20-,27+/m1/s1. The summed E-state index contributed by atoms with van der Waals surface area (Å²) in [5.41, 5.74) is 1.56. The van der Waals surface area contributed by atoms with E-state index in [2.05, 4.69) is 14.6 Å². The lowest BCUT2D eigenvalue weighted by atomic mass is 9.99. The van der Waals surface area contributed by atoms with Gasteiger partial charge in [-0.2, -0.15) is 0 Å². The molecule has 1 aromatic heterocycles. The molecule has 39 heavy (non-hydrogen) atoms. The first kappa shape index (κ1) is 28.8. The molecule has 208 valence electrons. The second kappa shape index (κ2) is 12.3. The average Bonchev–Trinajstić information content (AvgIpc) is 2.91. The Labute approximate surface area is 234 Å². The van der Waals surface area contributed by atoms with Crippen molar-refractivity contribution < 1.29 is 23.1 Å². The van der Waals surface area contributed by atoms with Crippen LogP contribution in [0.5, 0.6) is 5.75 Å². The van der Waals surface area contributed by atoms with Gasteiger partial charge in [-0.15, -0.1) is 0 Å². The molecule has 3 atom stereocenters. The number of hydrogen-bond donors (Lipinski definition) is 2. The highest BCUT2D eigenvalue weighted by Crippen LogP contribution is 2.31. The molecular weight excluding hydrogens is 540 g/mol. The molecule has 2 N–H and O–H groups in total. The van der Waals surface area contributed by atoms with E-state index in [1.165, 1.54) is 30.3 Å². The van der Waals surface area contributed by atoms with Crippen molar-refractivity contribution in [3.05, 3.63) is 83.1 Å². The zero-order valence-electron chi connectivity index (χ0n) is 22.1. The number of nitrogens with one attached hydrogen (secondary N) is 1. The van der Waals surface area contributed by atoms with Crippen molar-refractivity contribution >= 4 is 33.2 Å². The largest absolute Gasteiger partial charge is 0.488 e. The molecule has 0 aliphatic carbocycles. The maximum Gasteiger partial charge on any atom is 0.261 e. The average molecular weight is 573 g/mol. The number of likely N-dealkylation sites (N-methyl/N-ethyl adjacent to an activating group) is 1. The lowest BCUT2D eigenvalue weighted by Gasteiger charge is -2.38. The van der Waals surface area contributed by atoms with Crippen LogP contribution in [0.3, 0.4) is 0 Å². The van der Waals surface area contributed by atoms with E-state index in [9.17, 15) is 18.3 Å². The highest BCUT2D eigenvalue weighted by Gasteiger charge is 2.33. The summed E-state index contributed by atoms with van der Waals surface area (Å²) in [4.78, 5) is 21.5. The molecular formula is C28H33ClN4O5S. The maximum absolute atomic E-state index is 13.7. The molecule has 2 aromatic carbocycles. The number of aromatic nitrogens is 1. The summed E-state index contributed by atoms with van der Waals surface area (Å²) in [5.74, 6) is -0.0213. The number of ether oxygens (including phenoxy) is 1. The Morgan fingerprint density at radius 3 is 2.54 bits per heavy atom. The van der Waals surface area contributed by atoms with Gasteiger partial charge in [0, 0.05) is 48.7 Å². The van der Waals surface area contributed by atoms with Crippen LogP contribution in [0.15, 0.2) is 71.9 Å². The number of hydrogen-bond acceptors (Lipinski definition) is 7. The SMILES string of the molecule is C[C@@H]1CN([C@H](C)CO)C(=O)c2cc(NS(=O)(=O)c3ccc(Cl)cc3)ccc2O[C@H]1CN(C)Cc1ccncc1. The highest BCUT2D eigenvalue weighted by atomic mass is 35.5. The minimum atomic E-state index is -3.92. The number of pyridine rings is 1. The number of nitrogens with zero attached hydrogens (tertiary/aromatic N) is 3. The van der Waals surface area contributed by atoms with Crippen molar-refractivity contribution in [3.63, 3.8) is 0 Å². The Bertz CT molecular complexity index is 1390. The van der Waals surface area contributed by atoms with Crippen LogP contribution in [-0.4, -0.2) is 73.1 Å². The topological polar surface area (TPSA) is 112 Å². The fraction of sp³-hybridized carbons (Fsp3) is 0.357. The van der Waals surface area contributed by atoms with Crippen molar-refractivity contribution in [2.75, 3.05) is 31.5 Å². The van der Waals surface area contributed by atoms with E-state index in [4.69, 9.17) is 16.3 Å². The second-order valence-corrected chi connectivity index (χ2v) is 12.1. The molecule has 0 saturated heterocycles. The molecule has 0 unspecified atom stereocenters. The molecule has 0 spiro atoms. The first-order valence-electron chi connectivity index (χ1n) is 12.7. The van der Waals surface area contributed by atoms with E-state index in [1.54, 1.807) is 36.4 Å². The minimum absolute atomic E-state index is 0.0425. The van der Waals surface area contributed by atoms with Gasteiger partial charge in [-0.05, 0) is 74.1 Å². The van der Waals surface area contributed by atoms with Crippen LogP contribution in [0.1, 0.15) is 29.8 Å². The number of sulfonamides is 1. The number of aliphatic hydroxyl groups excluding tert-OH is 1. The fourth-order valence-corrected chi connectivity index (χ4v) is 5.68. The third kappa shape index (κ3) is 7.07. The van der Waals surface area contributed by atoms with Gasteiger partial charge >= 0.3 is 0 Å². The zero-order chi connectivity index (χ0) is 28.2. The van der Waals surface area contributed by atoms with Gasteiger partial charge in [-0.1, -0.05) is 18.5 Å². The third-order valence-electron chi connectivity index (χ3n) is 6.73. The number of benzene rings is 2. The predicted octanol–water partition coefficient (Wildman–Crippen LogP) is 3.89. The Hall–Kier alpha value is -3.18. The van der Waals surface area contributed by atoms with Crippen molar-refractivity contribution in [3.8, 4) is 5.75 Å². The molecule has 3 aromatic rings. The Morgan fingerprint density at radius 1 is 1.18 bits per heavy atom. The van der Waals surface area contributed by atoms with Crippen LogP contribution in [0.25, 0.3) is 0 Å². The molecule has 0 bridgehead atoms. The van der Waals surface area contributed by atoms with Crippen LogP contribution < -0.4 is 9.46 Å². The maximum atomic E-state index is 13.7. The van der Waals surface area contributed by atoms with Gasteiger partial charge in [-0.25, -0.2) is 8.42 Å². The number of aliphatic hydroxyl groups is 1. The number of carbonyl (C=O) groups is 1. The summed E-state index contributed by atoms with van der Waals surface area (Å²) >= 11 is 5.90. The lowest BCUT2D eigenvalue weighted by Crippen LogP contribution is -2.49. The molecule has 1 amide bonds. The lowest BCUT2D eigenvalue weighted by molar-refractivity contribution is 0.0341. The first-order valence-corrected chi connectivity index (χ1v) is 14.5. The summed E-state index contributed by atoms with van der Waals surface area (Å²) in [7, 11) is -1.91. The zero-order valence-corrected chi connectivity index (χ0v) is 23.7. The van der Waals surface area contributed by atoms with Crippen LogP contribution >= 0.6 is 11.6 Å². The Balaban J connectivity index is 1.63. The van der Waals surface area contributed by atoms with Crippen molar-refractivity contribution in [2.45, 2.75) is 37.4 Å². The molecule has 0 saturated carbocycles. The number of carbonyl (C=O) groups excluding carboxylic acids is 1. The number of amides is 1. The van der Waals surface area contributed by atoms with Crippen LogP contribution in [0, 0.1) is 5.92 Å². The molecule has 1 aliphatic heterocycles. The smallest absolute Gasteiger partial charge is 0.261 e. The van der Waals surface area contributed by atoms with Gasteiger partial charge in [0.1, 0.15) is 11.9 Å².